The summed E-state index contributed by atoms with van der Waals surface area (Å²) >= 11 is 0. The lowest BCUT2D eigenvalue weighted by atomic mass is 10.0. The molecule has 53 heavy (non-hydrogen) atoms. The number of hydrogen-bond acceptors (Lipinski definition) is 3. The van der Waals surface area contributed by atoms with Crippen LogP contribution in [0.3, 0.4) is 0 Å². The minimum Gasteiger partial charge on any atom is -0.455 e. The minimum atomic E-state index is 0.461. The van der Waals surface area contributed by atoms with Crippen LogP contribution < -0.4 is 0 Å². The van der Waals surface area contributed by atoms with Crippen LogP contribution in [0.4, 0.5) is 0 Å². The van der Waals surface area contributed by atoms with Gasteiger partial charge in [-0.15, -0.1) is 0 Å². The van der Waals surface area contributed by atoms with Crippen molar-refractivity contribution in [1.82, 2.24) is 9.13 Å². The van der Waals surface area contributed by atoms with E-state index >= 15 is 0 Å². The standard InChI is InChI=1S/C48H26N4O/c49-27-32-26-44(52-40-21-19-31(29-10-2-1-3-11-29)24-38(40)46-34-13-5-4-12-30(34)18-22-41(46)52)33(28-50)25-43(32)51-39-16-8-6-15-37(39)47-42(51)23-20-36-35-14-7-9-17-45(35)53-48(36)47/h1-26H. The zero-order valence-corrected chi connectivity index (χ0v) is 28.2. The predicted octanol–water partition coefficient (Wildman–Crippen LogP) is 12.3. The number of para-hydroxylation sites is 2. The molecule has 0 amide bonds. The van der Waals surface area contributed by atoms with E-state index in [4.69, 9.17) is 4.42 Å². The topological polar surface area (TPSA) is 70.6 Å². The van der Waals surface area contributed by atoms with E-state index in [1.165, 1.54) is 0 Å². The highest BCUT2D eigenvalue weighted by Gasteiger charge is 2.23. The van der Waals surface area contributed by atoms with E-state index in [1.807, 2.05) is 48.5 Å². The number of benzene rings is 8. The summed E-state index contributed by atoms with van der Waals surface area (Å²) in [5.74, 6) is 0. The molecule has 0 unspecified atom stereocenters. The predicted molar refractivity (Wildman–Crippen MR) is 215 cm³/mol. The second-order valence-corrected chi connectivity index (χ2v) is 13.5. The second-order valence-electron chi connectivity index (χ2n) is 13.5. The van der Waals surface area contributed by atoms with Gasteiger partial charge in [-0.3, -0.25) is 0 Å². The van der Waals surface area contributed by atoms with Crippen LogP contribution in [-0.2, 0) is 0 Å². The first kappa shape index (κ1) is 29.2. The monoisotopic (exact) mass is 674 g/mol. The van der Waals surface area contributed by atoms with E-state index in [0.29, 0.717) is 22.5 Å². The smallest absolute Gasteiger partial charge is 0.145 e. The number of nitriles is 2. The SMILES string of the molecule is N#Cc1cc(-n2c3ccccc3c3c4oc5ccccc5c4ccc32)c(C#N)cc1-n1c2ccc(-c3ccccc3)cc2c2c3ccccc3ccc21. The lowest BCUT2D eigenvalue weighted by molar-refractivity contribution is 0.673. The lowest BCUT2D eigenvalue weighted by Gasteiger charge is -2.15. The van der Waals surface area contributed by atoms with Crippen molar-refractivity contribution in [3.8, 4) is 34.6 Å². The van der Waals surface area contributed by atoms with E-state index in [0.717, 1.165) is 87.4 Å². The number of furan rings is 1. The van der Waals surface area contributed by atoms with Gasteiger partial charge in [-0.05, 0) is 76.5 Å². The molecule has 0 aliphatic carbocycles. The maximum atomic E-state index is 10.9. The molecular weight excluding hydrogens is 649 g/mol. The van der Waals surface area contributed by atoms with Crippen molar-refractivity contribution < 1.29 is 4.42 Å². The molecule has 0 spiro atoms. The highest BCUT2D eigenvalue weighted by Crippen LogP contribution is 2.43. The molecule has 5 heteroatoms. The molecule has 8 aromatic carbocycles. The molecule has 0 saturated carbocycles. The average Bonchev–Trinajstić information content (AvgIpc) is 3.88. The van der Waals surface area contributed by atoms with Gasteiger partial charge in [0.15, 0.2) is 0 Å². The maximum Gasteiger partial charge on any atom is 0.145 e. The molecule has 0 N–H and O–H groups in total. The van der Waals surface area contributed by atoms with Gasteiger partial charge in [0, 0.05) is 26.9 Å². The lowest BCUT2D eigenvalue weighted by Crippen LogP contribution is -2.04. The molecule has 3 aromatic heterocycles. The molecule has 0 aliphatic rings. The van der Waals surface area contributed by atoms with Gasteiger partial charge in [0.05, 0.1) is 50.0 Å². The average molecular weight is 675 g/mol. The molecule has 11 aromatic rings. The Bertz CT molecular complexity index is 3420. The highest BCUT2D eigenvalue weighted by molar-refractivity contribution is 6.24. The first-order chi connectivity index (χ1) is 26.2. The summed E-state index contributed by atoms with van der Waals surface area (Å²) in [6.45, 7) is 0. The zero-order valence-electron chi connectivity index (χ0n) is 28.2. The van der Waals surface area contributed by atoms with Crippen LogP contribution in [0.1, 0.15) is 11.1 Å². The van der Waals surface area contributed by atoms with E-state index in [1.54, 1.807) is 0 Å². The summed E-state index contributed by atoms with van der Waals surface area (Å²) in [5.41, 5.74) is 9.90. The number of nitrogens with zero attached hydrogens (tertiary/aromatic N) is 4. The Balaban J connectivity index is 1.21. The van der Waals surface area contributed by atoms with Gasteiger partial charge in [-0.1, -0.05) is 103 Å². The Labute approximate surface area is 303 Å². The fourth-order valence-corrected chi connectivity index (χ4v) is 8.48. The van der Waals surface area contributed by atoms with Crippen LogP contribution in [0.5, 0.6) is 0 Å². The van der Waals surface area contributed by atoms with Crippen LogP contribution in [0.15, 0.2) is 162 Å². The van der Waals surface area contributed by atoms with E-state index in [-0.39, 0.29) is 0 Å². The molecule has 11 rings (SSSR count). The Morgan fingerprint density at radius 2 is 1.02 bits per heavy atom. The zero-order chi connectivity index (χ0) is 35.2. The Kier molecular flexibility index (Phi) is 6.02. The van der Waals surface area contributed by atoms with Crippen molar-refractivity contribution in [1.29, 1.82) is 10.5 Å². The van der Waals surface area contributed by atoms with Gasteiger partial charge < -0.3 is 13.6 Å². The fourth-order valence-electron chi connectivity index (χ4n) is 8.48. The van der Waals surface area contributed by atoms with Crippen LogP contribution in [0.25, 0.3) is 98.8 Å². The van der Waals surface area contributed by atoms with E-state index < -0.39 is 0 Å². The molecule has 0 radical (unpaired) electrons. The van der Waals surface area contributed by atoms with Gasteiger partial charge in [0.1, 0.15) is 23.3 Å². The van der Waals surface area contributed by atoms with Crippen molar-refractivity contribution >= 4 is 76.3 Å². The van der Waals surface area contributed by atoms with Crippen molar-refractivity contribution in [2.75, 3.05) is 0 Å². The third-order valence-corrected chi connectivity index (χ3v) is 10.8. The summed E-state index contributed by atoms with van der Waals surface area (Å²) in [4.78, 5) is 0. The van der Waals surface area contributed by atoms with E-state index in [9.17, 15) is 10.5 Å². The van der Waals surface area contributed by atoms with Crippen LogP contribution in [0.2, 0.25) is 0 Å². The molecular formula is C48H26N4O. The molecule has 244 valence electrons. The van der Waals surface area contributed by atoms with Crippen LogP contribution in [0, 0.1) is 22.7 Å². The summed E-state index contributed by atoms with van der Waals surface area (Å²) < 4.78 is 10.8. The Morgan fingerprint density at radius 1 is 0.415 bits per heavy atom. The molecule has 0 aliphatic heterocycles. The van der Waals surface area contributed by atoms with Gasteiger partial charge >= 0.3 is 0 Å². The third kappa shape index (κ3) is 4.05. The first-order valence-corrected chi connectivity index (χ1v) is 17.6. The quantitative estimate of drug-likeness (QED) is 0.187. The highest BCUT2D eigenvalue weighted by atomic mass is 16.3. The first-order valence-electron chi connectivity index (χ1n) is 17.6. The Hall–Kier alpha value is -7.60. The fraction of sp³-hybridized carbons (Fsp3) is 0. The number of hydrogen-bond donors (Lipinski definition) is 0. The van der Waals surface area contributed by atoms with Crippen molar-refractivity contribution in [3.63, 3.8) is 0 Å². The number of aromatic nitrogens is 2. The van der Waals surface area contributed by atoms with E-state index in [2.05, 4.69) is 130 Å². The summed E-state index contributed by atoms with van der Waals surface area (Å²) in [7, 11) is 0. The Morgan fingerprint density at radius 3 is 1.79 bits per heavy atom. The molecule has 0 bridgehead atoms. The third-order valence-electron chi connectivity index (χ3n) is 10.8. The van der Waals surface area contributed by atoms with Crippen molar-refractivity contribution in [2.45, 2.75) is 0 Å². The largest absolute Gasteiger partial charge is 0.455 e. The van der Waals surface area contributed by atoms with Crippen molar-refractivity contribution in [3.05, 3.63) is 169 Å². The molecule has 0 saturated heterocycles. The molecule has 3 heterocycles. The normalized spacial score (nSPS) is 11.7. The maximum absolute atomic E-state index is 10.9. The minimum absolute atomic E-state index is 0.461. The molecule has 0 fully saturated rings. The van der Waals surface area contributed by atoms with Gasteiger partial charge in [-0.2, -0.15) is 10.5 Å². The summed E-state index contributed by atoms with van der Waals surface area (Å²) in [6, 6.07) is 58.8. The van der Waals surface area contributed by atoms with Crippen LogP contribution >= 0.6 is 0 Å². The summed E-state index contributed by atoms with van der Waals surface area (Å²) in [5, 5.41) is 30.3. The second kappa shape index (κ2) is 10.9. The molecule has 0 atom stereocenters. The van der Waals surface area contributed by atoms with Gasteiger partial charge in [0.25, 0.3) is 0 Å². The summed E-state index contributed by atoms with van der Waals surface area (Å²) in [6.07, 6.45) is 0. The van der Waals surface area contributed by atoms with Crippen LogP contribution in [-0.4, -0.2) is 9.13 Å². The molecule has 5 nitrogen and oxygen atoms in total. The number of fused-ring (bicyclic) bond motifs is 12. The van der Waals surface area contributed by atoms with Gasteiger partial charge in [-0.25, -0.2) is 0 Å². The number of rotatable bonds is 3. The van der Waals surface area contributed by atoms with Crippen molar-refractivity contribution in [2.24, 2.45) is 0 Å². The van der Waals surface area contributed by atoms with Gasteiger partial charge in [0.2, 0.25) is 0 Å².